The molecule has 0 spiro atoms. The highest BCUT2D eigenvalue weighted by molar-refractivity contribution is 5.60. The van der Waals surface area contributed by atoms with E-state index in [-0.39, 0.29) is 0 Å². The van der Waals surface area contributed by atoms with Crippen LogP contribution in [0, 0.1) is 30.6 Å². The van der Waals surface area contributed by atoms with Gasteiger partial charge in [0.25, 0.3) is 0 Å². The summed E-state index contributed by atoms with van der Waals surface area (Å²) in [4.78, 5) is 2.66. The number of piperidine rings is 1. The van der Waals surface area contributed by atoms with E-state index in [2.05, 4.69) is 58.4 Å². The molecule has 6 nitrogen and oxygen atoms in total. The van der Waals surface area contributed by atoms with Gasteiger partial charge in [0.05, 0.1) is 17.1 Å². The van der Waals surface area contributed by atoms with Crippen LogP contribution in [0.4, 0.5) is 0 Å². The van der Waals surface area contributed by atoms with Gasteiger partial charge in [-0.3, -0.25) is 4.68 Å². The van der Waals surface area contributed by atoms with Crippen molar-refractivity contribution < 1.29 is 0 Å². The average molecular weight is 369 g/mol. The van der Waals surface area contributed by atoms with Crippen LogP contribution in [0.15, 0.2) is 18.3 Å². The lowest BCUT2D eigenvalue weighted by molar-refractivity contribution is 0.223. The second-order valence-electron chi connectivity index (χ2n) is 8.89. The maximum Gasteiger partial charge on any atom is 0.0964 e. The van der Waals surface area contributed by atoms with Crippen molar-refractivity contribution in [2.75, 3.05) is 19.6 Å². The van der Waals surface area contributed by atoms with Crippen molar-refractivity contribution in [1.29, 1.82) is 0 Å². The van der Waals surface area contributed by atoms with E-state index in [4.69, 9.17) is 0 Å². The number of likely N-dealkylation sites (tertiary alicyclic amines) is 1. The van der Waals surface area contributed by atoms with E-state index in [1.54, 1.807) is 0 Å². The monoisotopic (exact) mass is 368 g/mol. The zero-order valence-corrected chi connectivity index (χ0v) is 17.2. The molecule has 3 heterocycles. The van der Waals surface area contributed by atoms with Crippen molar-refractivity contribution >= 4 is 0 Å². The second kappa shape index (κ2) is 7.32. The molecule has 2 fully saturated rings. The molecule has 0 radical (unpaired) electrons. The summed E-state index contributed by atoms with van der Waals surface area (Å²) in [6, 6.07) is 4.80. The van der Waals surface area contributed by atoms with Gasteiger partial charge < -0.3 is 10.2 Å². The Kier molecular flexibility index (Phi) is 5.03. The fourth-order valence-electron chi connectivity index (χ4n) is 4.35. The lowest BCUT2D eigenvalue weighted by Gasteiger charge is -2.25. The Labute approximate surface area is 162 Å². The van der Waals surface area contributed by atoms with Gasteiger partial charge in [-0.25, -0.2) is 0 Å². The number of nitrogens with one attached hydrogen (secondary N) is 1. The van der Waals surface area contributed by atoms with Gasteiger partial charge >= 0.3 is 0 Å². The first-order valence-corrected chi connectivity index (χ1v) is 10.2. The predicted octanol–water partition coefficient (Wildman–Crippen LogP) is 2.50. The number of nitrogens with zero attached hydrogens (tertiary/aromatic N) is 5. The topological polar surface area (TPSA) is 58.9 Å². The fourth-order valence-corrected chi connectivity index (χ4v) is 4.35. The van der Waals surface area contributed by atoms with Crippen LogP contribution in [-0.2, 0) is 13.6 Å². The molecule has 2 aromatic heterocycles. The van der Waals surface area contributed by atoms with Crippen molar-refractivity contribution in [3.05, 3.63) is 29.7 Å². The Morgan fingerprint density at radius 2 is 1.89 bits per heavy atom. The Morgan fingerprint density at radius 3 is 2.44 bits per heavy atom. The minimum Gasteiger partial charge on any atom is -0.308 e. The molecule has 1 aliphatic carbocycles. The molecule has 6 heteroatoms. The van der Waals surface area contributed by atoms with Crippen molar-refractivity contribution in [2.24, 2.45) is 30.7 Å². The molecule has 146 valence electrons. The summed E-state index contributed by atoms with van der Waals surface area (Å²) in [5, 5.41) is 16.9. The molecule has 4 rings (SSSR count). The molecular formula is C21H32N6. The Hall–Kier alpha value is -1.79. The van der Waals surface area contributed by atoms with Crippen LogP contribution in [-0.4, -0.2) is 50.6 Å². The van der Waals surface area contributed by atoms with Crippen molar-refractivity contribution in [3.63, 3.8) is 0 Å². The van der Waals surface area contributed by atoms with Gasteiger partial charge in [0.2, 0.25) is 0 Å². The Balaban J connectivity index is 1.25. The van der Waals surface area contributed by atoms with Crippen LogP contribution in [0.25, 0.3) is 11.3 Å². The van der Waals surface area contributed by atoms with Crippen LogP contribution in [0.1, 0.15) is 32.2 Å². The molecule has 0 amide bonds. The molecule has 0 bridgehead atoms. The van der Waals surface area contributed by atoms with Crippen LogP contribution < -0.4 is 5.32 Å². The summed E-state index contributed by atoms with van der Waals surface area (Å²) in [5.74, 6) is 3.21. The van der Waals surface area contributed by atoms with E-state index < -0.39 is 0 Å². The van der Waals surface area contributed by atoms with Crippen molar-refractivity contribution in [2.45, 2.75) is 40.3 Å². The first-order valence-electron chi connectivity index (χ1n) is 10.2. The largest absolute Gasteiger partial charge is 0.308 e. The van der Waals surface area contributed by atoms with E-state index >= 15 is 0 Å². The van der Waals surface area contributed by atoms with Crippen molar-refractivity contribution in [3.8, 4) is 11.3 Å². The summed E-state index contributed by atoms with van der Waals surface area (Å²) >= 11 is 0. The molecule has 1 aliphatic heterocycles. The maximum atomic E-state index is 4.41. The number of rotatable bonds is 7. The van der Waals surface area contributed by atoms with Crippen molar-refractivity contribution in [1.82, 2.24) is 30.2 Å². The normalized spacial score (nSPS) is 25.8. The van der Waals surface area contributed by atoms with Gasteiger partial charge in [0, 0.05) is 51.0 Å². The lowest BCUT2D eigenvalue weighted by Crippen LogP contribution is -2.34. The molecule has 1 saturated carbocycles. The van der Waals surface area contributed by atoms with Gasteiger partial charge in [-0.15, -0.1) is 0 Å². The summed E-state index contributed by atoms with van der Waals surface area (Å²) in [6.07, 6.45) is 1.99. The van der Waals surface area contributed by atoms with Crippen LogP contribution in [0.2, 0.25) is 0 Å². The van der Waals surface area contributed by atoms with E-state index in [0.29, 0.717) is 6.04 Å². The zero-order chi connectivity index (χ0) is 19.1. The van der Waals surface area contributed by atoms with Gasteiger partial charge in [0.1, 0.15) is 0 Å². The van der Waals surface area contributed by atoms with Crippen LogP contribution in [0.5, 0.6) is 0 Å². The van der Waals surface area contributed by atoms with E-state index in [1.165, 1.54) is 19.6 Å². The summed E-state index contributed by atoms with van der Waals surface area (Å²) in [7, 11) is 1.93. The van der Waals surface area contributed by atoms with Gasteiger partial charge in [0.15, 0.2) is 0 Å². The number of fused-ring (bicyclic) bond motifs is 1. The third-order valence-corrected chi connectivity index (χ3v) is 6.48. The minimum atomic E-state index is 0.664. The summed E-state index contributed by atoms with van der Waals surface area (Å²) in [6.45, 7) is 13.6. The maximum absolute atomic E-state index is 4.41. The number of hydrogen-bond donors (Lipinski definition) is 1. The molecular weight excluding hydrogens is 336 g/mol. The smallest absolute Gasteiger partial charge is 0.0964 e. The first-order chi connectivity index (χ1) is 12.9. The first kappa shape index (κ1) is 18.6. The highest BCUT2D eigenvalue weighted by Crippen LogP contribution is 2.45. The number of aromatic nitrogens is 4. The molecule has 2 aromatic rings. The highest BCUT2D eigenvalue weighted by Gasteiger charge is 2.55. The highest BCUT2D eigenvalue weighted by atomic mass is 15.3. The van der Waals surface area contributed by atoms with E-state index in [1.807, 2.05) is 24.9 Å². The average Bonchev–Trinajstić information content (AvgIpc) is 2.93. The molecule has 1 saturated heterocycles. The lowest BCUT2D eigenvalue weighted by atomic mass is 9.97. The third kappa shape index (κ3) is 3.92. The predicted molar refractivity (Wildman–Crippen MR) is 107 cm³/mol. The summed E-state index contributed by atoms with van der Waals surface area (Å²) in [5.41, 5.74) is 3.94. The Bertz CT molecular complexity index is 768. The quantitative estimate of drug-likeness (QED) is 0.814. The standard InChI is InChI=1S/C21H32N6/c1-13(2)14(3)9-27-11-18-19(12-27)21(18)22-8-16-6-7-20(24-23-16)17-10-26(5)25-15(17)4/h6-7,10,13-14,18-19,21-22H,8-9,11-12H2,1-5H3. The van der Waals surface area contributed by atoms with Gasteiger partial charge in [-0.05, 0) is 42.7 Å². The van der Waals surface area contributed by atoms with E-state index in [0.717, 1.165) is 52.9 Å². The summed E-state index contributed by atoms with van der Waals surface area (Å²) < 4.78 is 1.82. The zero-order valence-electron chi connectivity index (χ0n) is 17.2. The molecule has 1 N–H and O–H groups in total. The number of aryl methyl sites for hydroxylation is 2. The fraction of sp³-hybridized carbons (Fsp3) is 0.667. The van der Waals surface area contributed by atoms with Gasteiger partial charge in [-0.2, -0.15) is 15.3 Å². The molecule has 0 aromatic carbocycles. The van der Waals surface area contributed by atoms with Gasteiger partial charge in [-0.1, -0.05) is 20.8 Å². The van der Waals surface area contributed by atoms with E-state index in [9.17, 15) is 0 Å². The third-order valence-electron chi connectivity index (χ3n) is 6.48. The SMILES string of the molecule is Cc1nn(C)cc1-c1ccc(CNC2C3CN(CC(C)C(C)C)CC32)nn1. The number of hydrogen-bond acceptors (Lipinski definition) is 5. The second-order valence-corrected chi connectivity index (χ2v) is 8.89. The molecule has 2 aliphatic rings. The Morgan fingerprint density at radius 1 is 1.15 bits per heavy atom. The van der Waals surface area contributed by atoms with Crippen LogP contribution >= 0.6 is 0 Å². The minimum absolute atomic E-state index is 0.664. The van der Waals surface area contributed by atoms with Crippen LogP contribution in [0.3, 0.4) is 0 Å². The molecule has 3 atom stereocenters. The molecule has 27 heavy (non-hydrogen) atoms. The molecule has 3 unspecified atom stereocenters.